The maximum Gasteiger partial charge on any atom is 0.243 e. The Morgan fingerprint density at radius 3 is 2.12 bits per heavy atom. The van der Waals surface area contributed by atoms with Crippen molar-refractivity contribution in [3.8, 4) is 11.5 Å². The molecule has 9 nitrogen and oxygen atoms in total. The lowest BCUT2D eigenvalue weighted by Gasteiger charge is -2.32. The van der Waals surface area contributed by atoms with Gasteiger partial charge in [-0.05, 0) is 84.3 Å². The number of aryl methyl sites for hydroxylation is 1. The van der Waals surface area contributed by atoms with Crippen molar-refractivity contribution in [2.24, 2.45) is 0 Å². The molecule has 0 bridgehead atoms. The Balaban J connectivity index is 1.34. The highest BCUT2D eigenvalue weighted by Crippen LogP contribution is 2.28. The van der Waals surface area contributed by atoms with Gasteiger partial charge in [0.1, 0.15) is 11.9 Å². The summed E-state index contributed by atoms with van der Waals surface area (Å²) in [6.45, 7) is 0.423. The Kier molecular flexibility index (Phi) is 12.0. The van der Waals surface area contributed by atoms with Crippen LogP contribution in [-0.2, 0) is 45.4 Å². The highest BCUT2D eigenvalue weighted by Gasteiger charge is 2.31. The summed E-state index contributed by atoms with van der Waals surface area (Å²) in [5.41, 5.74) is 3.30. The molecule has 4 aromatic rings. The number of rotatable bonds is 17. The smallest absolute Gasteiger partial charge is 0.243 e. The van der Waals surface area contributed by atoms with Crippen LogP contribution in [0.25, 0.3) is 0 Å². The molecule has 0 saturated heterocycles. The topological polar surface area (TPSA) is 114 Å². The van der Waals surface area contributed by atoms with Crippen molar-refractivity contribution < 1.29 is 31.9 Å². The van der Waals surface area contributed by atoms with Crippen LogP contribution in [0.3, 0.4) is 0 Å². The molecule has 258 valence electrons. The normalized spacial score (nSPS) is 13.4. The zero-order valence-corrected chi connectivity index (χ0v) is 28.5. The molecule has 5 rings (SSSR count). The molecule has 1 atom stereocenters. The lowest BCUT2D eigenvalue weighted by molar-refractivity contribution is -0.141. The highest BCUT2D eigenvalue weighted by molar-refractivity contribution is 7.89. The first kappa shape index (κ1) is 35.6. The average molecular weight is 688 g/mol. The molecule has 2 amide bonds. The van der Waals surface area contributed by atoms with Gasteiger partial charge in [-0.1, -0.05) is 60.7 Å². The number of nitrogens with zero attached hydrogens (tertiary/aromatic N) is 1. The number of ether oxygens (including phenoxy) is 2. The maximum absolute atomic E-state index is 14.0. The van der Waals surface area contributed by atoms with Crippen LogP contribution < -0.4 is 19.5 Å². The van der Waals surface area contributed by atoms with Crippen molar-refractivity contribution in [1.82, 2.24) is 14.9 Å². The van der Waals surface area contributed by atoms with E-state index in [0.29, 0.717) is 36.4 Å². The summed E-state index contributed by atoms with van der Waals surface area (Å²) in [4.78, 5) is 29.8. The Morgan fingerprint density at radius 2 is 1.47 bits per heavy atom. The lowest BCUT2D eigenvalue weighted by atomic mass is 10.0. The zero-order chi connectivity index (χ0) is 34.8. The van der Waals surface area contributed by atoms with Gasteiger partial charge in [0.25, 0.3) is 0 Å². The third kappa shape index (κ3) is 10.1. The van der Waals surface area contributed by atoms with Crippen molar-refractivity contribution in [2.75, 3.05) is 20.8 Å². The van der Waals surface area contributed by atoms with Crippen LogP contribution in [0.15, 0.2) is 102 Å². The minimum absolute atomic E-state index is 0.00128. The first-order chi connectivity index (χ1) is 23.6. The second-order valence-electron chi connectivity index (χ2n) is 12.1. The predicted molar refractivity (Wildman–Crippen MR) is 185 cm³/mol. The summed E-state index contributed by atoms with van der Waals surface area (Å²) in [6, 6.07) is 26.6. The van der Waals surface area contributed by atoms with E-state index >= 15 is 0 Å². The van der Waals surface area contributed by atoms with Crippen molar-refractivity contribution in [3.05, 3.63) is 125 Å². The summed E-state index contributed by atoms with van der Waals surface area (Å²) in [5, 5.41) is 3.03. The number of nitrogens with one attached hydrogen (secondary N) is 2. The molecule has 1 saturated carbocycles. The van der Waals surface area contributed by atoms with Crippen LogP contribution >= 0.6 is 0 Å². The van der Waals surface area contributed by atoms with Gasteiger partial charge in [0.15, 0.2) is 11.5 Å². The van der Waals surface area contributed by atoms with Gasteiger partial charge >= 0.3 is 0 Å². The lowest BCUT2D eigenvalue weighted by Crippen LogP contribution is -2.50. The van der Waals surface area contributed by atoms with Crippen LogP contribution in [0, 0.1) is 5.82 Å². The Morgan fingerprint density at radius 1 is 0.816 bits per heavy atom. The monoisotopic (exact) mass is 687 g/mol. The zero-order valence-electron chi connectivity index (χ0n) is 27.7. The van der Waals surface area contributed by atoms with Gasteiger partial charge in [0.05, 0.1) is 19.1 Å². The average Bonchev–Trinajstić information content (AvgIpc) is 3.93. The minimum Gasteiger partial charge on any atom is -0.493 e. The quantitative estimate of drug-likeness (QED) is 0.158. The molecule has 0 aliphatic heterocycles. The van der Waals surface area contributed by atoms with E-state index in [1.165, 1.54) is 12.1 Å². The molecular weight excluding hydrogens is 645 g/mol. The maximum atomic E-state index is 14.0. The van der Waals surface area contributed by atoms with Gasteiger partial charge in [-0.2, -0.15) is 0 Å². The van der Waals surface area contributed by atoms with E-state index in [1.54, 1.807) is 55.5 Å². The fourth-order valence-electron chi connectivity index (χ4n) is 5.54. The van der Waals surface area contributed by atoms with Crippen LogP contribution in [0.5, 0.6) is 11.5 Å². The van der Waals surface area contributed by atoms with Crippen molar-refractivity contribution in [1.29, 1.82) is 0 Å². The van der Waals surface area contributed by atoms with E-state index in [0.717, 1.165) is 29.5 Å². The molecule has 0 radical (unpaired) electrons. The van der Waals surface area contributed by atoms with Gasteiger partial charge in [-0.25, -0.2) is 17.5 Å². The van der Waals surface area contributed by atoms with Crippen molar-refractivity contribution in [2.45, 2.75) is 62.0 Å². The molecule has 0 spiro atoms. The van der Waals surface area contributed by atoms with Gasteiger partial charge < -0.3 is 19.7 Å². The SMILES string of the molecule is COc1ccc(CCNC(=O)C(Cc2ccccc2)N(Cc2ccc(F)cc2)C(=O)CCc2ccc(S(=O)(=O)NC3CC3)cc2)cc1OC. The molecule has 1 aliphatic rings. The molecule has 4 aromatic carbocycles. The first-order valence-electron chi connectivity index (χ1n) is 16.3. The molecule has 49 heavy (non-hydrogen) atoms. The molecule has 1 unspecified atom stereocenters. The summed E-state index contributed by atoms with van der Waals surface area (Å²) in [5.74, 6) is 0.244. The summed E-state index contributed by atoms with van der Waals surface area (Å²) in [7, 11) is -0.451. The molecule has 1 fully saturated rings. The van der Waals surface area contributed by atoms with E-state index in [1.807, 2.05) is 48.5 Å². The van der Waals surface area contributed by atoms with Crippen molar-refractivity contribution in [3.63, 3.8) is 0 Å². The number of hydrogen-bond acceptors (Lipinski definition) is 6. The summed E-state index contributed by atoms with van der Waals surface area (Å²) >= 11 is 0. The van der Waals surface area contributed by atoms with Gasteiger partial charge in [0, 0.05) is 32.0 Å². The number of methoxy groups -OCH3 is 2. The van der Waals surface area contributed by atoms with Gasteiger partial charge in [-0.3, -0.25) is 9.59 Å². The second-order valence-corrected chi connectivity index (χ2v) is 13.8. The first-order valence-corrected chi connectivity index (χ1v) is 17.8. The van der Waals surface area contributed by atoms with Crippen LogP contribution in [0.4, 0.5) is 4.39 Å². The summed E-state index contributed by atoms with van der Waals surface area (Å²) < 4.78 is 52.4. The predicted octanol–water partition coefficient (Wildman–Crippen LogP) is 5.22. The number of halogens is 1. The van der Waals surface area contributed by atoms with E-state index in [9.17, 15) is 22.4 Å². The number of hydrogen-bond donors (Lipinski definition) is 2. The minimum atomic E-state index is -3.59. The Bertz CT molecular complexity index is 1810. The second kappa shape index (κ2) is 16.6. The third-order valence-corrected chi connectivity index (χ3v) is 9.99. The fourth-order valence-corrected chi connectivity index (χ4v) is 6.85. The highest BCUT2D eigenvalue weighted by atomic mass is 32.2. The molecule has 1 aliphatic carbocycles. The number of benzene rings is 4. The number of carbonyl (C=O) groups excluding carboxylic acids is 2. The fraction of sp³-hybridized carbons (Fsp3) is 0.316. The third-order valence-electron chi connectivity index (χ3n) is 8.46. The molecular formula is C38H42FN3O6S. The van der Waals surface area contributed by atoms with Crippen LogP contribution in [0.2, 0.25) is 0 Å². The number of amides is 2. The van der Waals surface area contributed by atoms with Crippen LogP contribution in [0.1, 0.15) is 41.5 Å². The van der Waals surface area contributed by atoms with Gasteiger partial charge in [-0.15, -0.1) is 0 Å². The van der Waals surface area contributed by atoms with Crippen molar-refractivity contribution >= 4 is 21.8 Å². The Hall–Kier alpha value is -4.74. The molecule has 0 aromatic heterocycles. The number of carbonyl (C=O) groups is 2. The van der Waals surface area contributed by atoms with Gasteiger partial charge in [0.2, 0.25) is 21.8 Å². The summed E-state index contributed by atoms with van der Waals surface area (Å²) in [6.07, 6.45) is 2.91. The van der Waals surface area contributed by atoms with Crippen LogP contribution in [-0.4, -0.2) is 58.0 Å². The van der Waals surface area contributed by atoms with E-state index in [2.05, 4.69) is 10.0 Å². The molecule has 11 heteroatoms. The van der Waals surface area contributed by atoms with E-state index in [4.69, 9.17) is 9.47 Å². The Labute approximate surface area is 287 Å². The largest absolute Gasteiger partial charge is 0.493 e. The van der Waals surface area contributed by atoms with E-state index < -0.39 is 21.9 Å². The van der Waals surface area contributed by atoms with E-state index in [-0.39, 0.29) is 42.1 Å². The molecule has 2 N–H and O–H groups in total. The molecule has 0 heterocycles. The standard InChI is InChI=1S/C38H42FN3O6S/c1-47-35-20-12-29(25-36(35)48-2)22-23-40-38(44)34(24-28-6-4-3-5-7-28)42(26-30-8-14-31(39)15-9-30)37(43)21-13-27-10-18-33(19-11-27)49(45,46)41-32-16-17-32/h3-12,14-15,18-20,25,32,34,41H,13,16-17,21-24,26H2,1-2H3,(H,40,44). The number of sulfonamides is 1.